The van der Waals surface area contributed by atoms with E-state index in [1.165, 1.54) is 30.6 Å². The van der Waals surface area contributed by atoms with E-state index in [9.17, 15) is 4.79 Å². The van der Waals surface area contributed by atoms with Crippen LogP contribution in [0, 0.1) is 0 Å². The summed E-state index contributed by atoms with van der Waals surface area (Å²) in [6.45, 7) is 5.59. The normalized spacial score (nSPS) is 17.4. The molecule has 0 bridgehead atoms. The van der Waals surface area contributed by atoms with E-state index in [1.807, 2.05) is 20.8 Å². The summed E-state index contributed by atoms with van der Waals surface area (Å²) in [4.78, 5) is 17.4. The van der Waals surface area contributed by atoms with Gasteiger partial charge in [-0.1, -0.05) is 19.3 Å². The molecular weight excluding hydrogens is 260 g/mol. The Labute approximate surface area is 118 Å². The molecule has 106 valence electrons. The molecule has 0 unspecified atom stereocenters. The number of carbonyl (C=O) groups is 1. The van der Waals surface area contributed by atoms with Crippen molar-refractivity contribution in [1.82, 2.24) is 4.98 Å². The van der Waals surface area contributed by atoms with Crippen LogP contribution in [-0.4, -0.2) is 16.6 Å². The number of hydrogen-bond donors (Lipinski definition) is 1. The Balaban J connectivity index is 2.22. The summed E-state index contributed by atoms with van der Waals surface area (Å²) < 4.78 is 5.42. The van der Waals surface area contributed by atoms with E-state index in [-0.39, 0.29) is 5.97 Å². The number of ether oxygens (including phenoxy) is 1. The molecular formula is C14H22N2O2S. The molecule has 1 aromatic rings. The number of anilines is 1. The maximum Gasteiger partial charge on any atom is 0.358 e. The lowest BCUT2D eigenvalue weighted by atomic mass is 9.87. The maximum atomic E-state index is 12.2. The molecule has 2 rings (SSSR count). The monoisotopic (exact) mass is 282 g/mol. The molecule has 1 heterocycles. The van der Waals surface area contributed by atoms with Gasteiger partial charge < -0.3 is 10.5 Å². The van der Waals surface area contributed by atoms with Gasteiger partial charge >= 0.3 is 5.97 Å². The van der Waals surface area contributed by atoms with Gasteiger partial charge in [0.2, 0.25) is 0 Å². The van der Waals surface area contributed by atoms with Crippen LogP contribution >= 0.6 is 11.3 Å². The molecule has 0 aliphatic heterocycles. The molecule has 2 N–H and O–H groups in total. The first kappa shape index (κ1) is 14.3. The summed E-state index contributed by atoms with van der Waals surface area (Å²) in [5, 5.41) is 0.460. The van der Waals surface area contributed by atoms with Gasteiger partial charge in [-0.05, 0) is 39.5 Å². The molecule has 0 radical (unpaired) electrons. The van der Waals surface area contributed by atoms with Gasteiger partial charge in [-0.2, -0.15) is 0 Å². The van der Waals surface area contributed by atoms with Crippen molar-refractivity contribution >= 4 is 22.4 Å². The predicted molar refractivity (Wildman–Crippen MR) is 77.5 cm³/mol. The van der Waals surface area contributed by atoms with Crippen molar-refractivity contribution in [2.24, 2.45) is 0 Å². The van der Waals surface area contributed by atoms with Gasteiger partial charge in [-0.15, -0.1) is 11.3 Å². The molecule has 19 heavy (non-hydrogen) atoms. The Morgan fingerprint density at radius 3 is 2.53 bits per heavy atom. The molecule has 0 amide bonds. The molecule has 5 heteroatoms. The second-order valence-electron chi connectivity index (χ2n) is 6.10. The average molecular weight is 282 g/mol. The average Bonchev–Trinajstić information content (AvgIpc) is 2.70. The van der Waals surface area contributed by atoms with E-state index in [0.717, 1.165) is 17.7 Å². The Hall–Kier alpha value is -1.10. The van der Waals surface area contributed by atoms with Gasteiger partial charge in [-0.25, -0.2) is 9.78 Å². The molecule has 1 aliphatic rings. The standard InChI is InChI=1S/C14H22N2O2S/c1-14(2,3)18-12(17)10-11(19-13(15)16-10)9-7-5-4-6-8-9/h9H,4-8H2,1-3H3,(H2,15,16). The zero-order valence-electron chi connectivity index (χ0n) is 11.9. The number of esters is 1. The van der Waals surface area contributed by atoms with Crippen LogP contribution in [-0.2, 0) is 4.74 Å². The third-order valence-electron chi connectivity index (χ3n) is 3.24. The first-order valence-corrected chi connectivity index (χ1v) is 7.68. The minimum atomic E-state index is -0.501. The minimum absolute atomic E-state index is 0.346. The summed E-state index contributed by atoms with van der Waals surface area (Å²) in [7, 11) is 0. The fourth-order valence-corrected chi connectivity index (χ4v) is 3.45. The minimum Gasteiger partial charge on any atom is -0.455 e. The Bertz CT molecular complexity index is 457. The number of rotatable bonds is 2. The highest BCUT2D eigenvalue weighted by Gasteiger charge is 2.28. The van der Waals surface area contributed by atoms with E-state index in [1.54, 1.807) is 0 Å². The topological polar surface area (TPSA) is 65.2 Å². The van der Waals surface area contributed by atoms with Crippen LogP contribution in [0.3, 0.4) is 0 Å². The molecule has 0 aromatic carbocycles. The third-order valence-corrected chi connectivity index (χ3v) is 4.29. The molecule has 1 fully saturated rings. The number of nitrogen functional groups attached to an aromatic ring is 1. The highest BCUT2D eigenvalue weighted by molar-refractivity contribution is 7.15. The van der Waals surface area contributed by atoms with E-state index in [2.05, 4.69) is 4.98 Å². The van der Waals surface area contributed by atoms with E-state index < -0.39 is 5.60 Å². The van der Waals surface area contributed by atoms with Crippen LogP contribution in [0.2, 0.25) is 0 Å². The zero-order chi connectivity index (χ0) is 14.0. The van der Waals surface area contributed by atoms with Crippen LogP contribution in [0.25, 0.3) is 0 Å². The van der Waals surface area contributed by atoms with Gasteiger partial charge in [0.15, 0.2) is 10.8 Å². The molecule has 1 saturated carbocycles. The van der Waals surface area contributed by atoms with E-state index >= 15 is 0 Å². The fourth-order valence-electron chi connectivity index (χ4n) is 2.46. The summed E-state index contributed by atoms with van der Waals surface area (Å²) >= 11 is 1.44. The third kappa shape index (κ3) is 3.69. The van der Waals surface area contributed by atoms with Crippen molar-refractivity contribution in [3.05, 3.63) is 10.6 Å². The second-order valence-corrected chi connectivity index (χ2v) is 7.16. The number of hydrogen-bond acceptors (Lipinski definition) is 5. The Morgan fingerprint density at radius 1 is 1.32 bits per heavy atom. The van der Waals surface area contributed by atoms with E-state index in [4.69, 9.17) is 10.5 Å². The van der Waals surface area contributed by atoms with Gasteiger partial charge in [-0.3, -0.25) is 0 Å². The quantitative estimate of drug-likeness (QED) is 0.839. The van der Waals surface area contributed by atoms with Gasteiger partial charge in [0.25, 0.3) is 0 Å². The summed E-state index contributed by atoms with van der Waals surface area (Å²) in [5.41, 5.74) is 5.72. The summed E-state index contributed by atoms with van der Waals surface area (Å²) in [6, 6.07) is 0. The first-order valence-electron chi connectivity index (χ1n) is 6.86. The zero-order valence-corrected chi connectivity index (χ0v) is 12.7. The predicted octanol–water partition coefficient (Wildman–Crippen LogP) is 3.73. The second kappa shape index (κ2) is 5.49. The van der Waals surface area contributed by atoms with E-state index in [0.29, 0.717) is 16.7 Å². The SMILES string of the molecule is CC(C)(C)OC(=O)c1nc(N)sc1C1CCCCC1. The number of aromatic nitrogens is 1. The van der Waals surface area contributed by atoms with Crippen LogP contribution in [0.1, 0.15) is 74.2 Å². The molecule has 1 aromatic heterocycles. The lowest BCUT2D eigenvalue weighted by Gasteiger charge is -2.22. The maximum absolute atomic E-state index is 12.2. The smallest absolute Gasteiger partial charge is 0.358 e. The van der Waals surface area contributed by atoms with Crippen molar-refractivity contribution in [3.8, 4) is 0 Å². The summed E-state index contributed by atoms with van der Waals surface area (Å²) in [6.07, 6.45) is 5.97. The van der Waals surface area contributed by atoms with Crippen molar-refractivity contribution in [3.63, 3.8) is 0 Å². The molecule has 0 saturated heterocycles. The number of nitrogens with zero attached hydrogens (tertiary/aromatic N) is 1. The van der Waals surface area contributed by atoms with Crippen LogP contribution < -0.4 is 5.73 Å². The lowest BCUT2D eigenvalue weighted by Crippen LogP contribution is -2.25. The van der Waals surface area contributed by atoms with Gasteiger partial charge in [0.1, 0.15) is 5.60 Å². The fraction of sp³-hybridized carbons (Fsp3) is 0.714. The van der Waals surface area contributed by atoms with Crippen LogP contribution in [0.5, 0.6) is 0 Å². The van der Waals surface area contributed by atoms with Crippen LogP contribution in [0.15, 0.2) is 0 Å². The highest BCUT2D eigenvalue weighted by atomic mass is 32.1. The number of carbonyl (C=O) groups excluding carboxylic acids is 1. The largest absolute Gasteiger partial charge is 0.455 e. The van der Waals surface area contributed by atoms with Crippen molar-refractivity contribution in [2.75, 3.05) is 5.73 Å². The summed E-state index contributed by atoms with van der Waals surface area (Å²) in [5.74, 6) is 0.0760. The Kier molecular flexibility index (Phi) is 4.13. The lowest BCUT2D eigenvalue weighted by molar-refractivity contribution is 0.00619. The van der Waals surface area contributed by atoms with Crippen molar-refractivity contribution in [2.45, 2.75) is 64.4 Å². The molecule has 1 aliphatic carbocycles. The van der Waals surface area contributed by atoms with Crippen molar-refractivity contribution < 1.29 is 9.53 Å². The van der Waals surface area contributed by atoms with Gasteiger partial charge in [0.05, 0.1) is 0 Å². The molecule has 4 nitrogen and oxygen atoms in total. The number of nitrogens with two attached hydrogens (primary N) is 1. The molecule has 0 atom stereocenters. The Morgan fingerprint density at radius 2 is 1.95 bits per heavy atom. The van der Waals surface area contributed by atoms with Crippen LogP contribution in [0.4, 0.5) is 5.13 Å². The first-order chi connectivity index (χ1) is 8.87. The van der Waals surface area contributed by atoms with Crippen molar-refractivity contribution in [1.29, 1.82) is 0 Å². The number of thiazole rings is 1. The highest BCUT2D eigenvalue weighted by Crippen LogP contribution is 2.38. The molecule has 0 spiro atoms. The van der Waals surface area contributed by atoms with Gasteiger partial charge in [0, 0.05) is 4.88 Å².